The molecule has 2 aromatic rings. The molecular formula is C25H31F3N6O4. The number of amides is 2. The van der Waals surface area contributed by atoms with Crippen molar-refractivity contribution < 1.29 is 32.2 Å². The number of likely N-dealkylation sites (tertiary alicyclic amines) is 1. The van der Waals surface area contributed by atoms with E-state index in [2.05, 4.69) is 25.5 Å². The molecule has 2 N–H and O–H groups in total. The minimum absolute atomic E-state index is 0.0712. The van der Waals surface area contributed by atoms with Crippen molar-refractivity contribution in [3.8, 4) is 11.3 Å². The van der Waals surface area contributed by atoms with Gasteiger partial charge in [-0.1, -0.05) is 6.07 Å². The van der Waals surface area contributed by atoms with E-state index < -0.39 is 24.5 Å². The summed E-state index contributed by atoms with van der Waals surface area (Å²) in [5.74, 6) is 0.482. The number of hydrogen-bond donors (Lipinski definition) is 2. The highest BCUT2D eigenvalue weighted by molar-refractivity contribution is 5.90. The van der Waals surface area contributed by atoms with Gasteiger partial charge in [-0.05, 0) is 37.0 Å². The molecule has 1 aromatic carbocycles. The van der Waals surface area contributed by atoms with Crippen molar-refractivity contribution in [1.82, 2.24) is 14.9 Å². The van der Waals surface area contributed by atoms with Crippen LogP contribution in [-0.4, -0.2) is 86.1 Å². The number of carbonyl (C=O) groups is 2. The Balaban J connectivity index is 1.53. The van der Waals surface area contributed by atoms with Crippen LogP contribution in [0.3, 0.4) is 0 Å². The zero-order chi connectivity index (χ0) is 27.1. The average Bonchev–Trinajstić information content (AvgIpc) is 3.35. The zero-order valence-electron chi connectivity index (χ0n) is 21.1. The van der Waals surface area contributed by atoms with Crippen molar-refractivity contribution >= 4 is 30.0 Å². The maximum atomic E-state index is 12.8. The van der Waals surface area contributed by atoms with Gasteiger partial charge in [-0.15, -0.1) is 0 Å². The third-order valence-electron chi connectivity index (χ3n) is 6.48. The number of ether oxygens (including phenoxy) is 2. The van der Waals surface area contributed by atoms with Gasteiger partial charge >= 0.3 is 12.2 Å². The molecule has 13 heteroatoms. The van der Waals surface area contributed by atoms with E-state index in [1.54, 1.807) is 12.1 Å². The Morgan fingerprint density at radius 3 is 2.74 bits per heavy atom. The maximum absolute atomic E-state index is 12.8. The number of anilines is 3. The van der Waals surface area contributed by atoms with Crippen LogP contribution in [0.15, 0.2) is 24.3 Å². The monoisotopic (exact) mass is 536 g/mol. The Morgan fingerprint density at radius 1 is 1.21 bits per heavy atom. The van der Waals surface area contributed by atoms with E-state index in [1.807, 2.05) is 19.1 Å². The highest BCUT2D eigenvalue weighted by Crippen LogP contribution is 2.32. The SMILES string of the molecule is Cc1ccc(NC(=O)N2CC[C@@H](CC(F)(F)F)C2)cc1-c1cc(N2CCOCC2)nc(NCCOC=O)n1. The van der Waals surface area contributed by atoms with Gasteiger partial charge in [-0.25, -0.2) is 9.78 Å². The van der Waals surface area contributed by atoms with Crippen LogP contribution < -0.4 is 15.5 Å². The van der Waals surface area contributed by atoms with Gasteiger partial charge in [0.25, 0.3) is 6.47 Å². The molecule has 10 nitrogen and oxygen atoms in total. The molecule has 0 spiro atoms. The number of nitrogens with zero attached hydrogens (tertiary/aromatic N) is 4. The van der Waals surface area contributed by atoms with Gasteiger partial charge in [0.2, 0.25) is 5.95 Å². The molecule has 4 rings (SSSR count). The number of hydrogen-bond acceptors (Lipinski definition) is 8. The minimum atomic E-state index is -4.24. The van der Waals surface area contributed by atoms with E-state index >= 15 is 0 Å². The molecule has 2 aliphatic rings. The number of nitrogens with one attached hydrogen (secondary N) is 2. The summed E-state index contributed by atoms with van der Waals surface area (Å²) in [5.41, 5.74) is 2.81. The number of carbonyl (C=O) groups excluding carboxylic acids is 2. The Labute approximate surface area is 218 Å². The average molecular weight is 537 g/mol. The first kappa shape index (κ1) is 27.4. The Morgan fingerprint density at radius 2 is 2.00 bits per heavy atom. The summed E-state index contributed by atoms with van der Waals surface area (Å²) in [5, 5.41) is 5.89. The van der Waals surface area contributed by atoms with E-state index in [1.165, 1.54) is 4.90 Å². The number of halogens is 3. The standard InChI is InChI=1S/C25H31F3N6O4/c1-17-2-3-19(30-24(36)34-6-4-18(15-34)14-25(26,27)28)12-20(17)21-13-22(33-7-10-37-11-8-33)32-23(31-21)29-5-9-38-16-35/h2-3,12-13,16,18H,4-11,14-15H2,1H3,(H,30,36)(H,29,31,32)/t18-/m0/s1. The summed E-state index contributed by atoms with van der Waals surface area (Å²) in [6.07, 6.45) is -4.80. The second-order valence-electron chi connectivity index (χ2n) is 9.31. The molecule has 2 aliphatic heterocycles. The Bertz CT molecular complexity index is 1130. The normalized spacial score (nSPS) is 17.8. The van der Waals surface area contributed by atoms with E-state index in [0.717, 1.165) is 11.1 Å². The fraction of sp³-hybridized carbons (Fsp3) is 0.520. The van der Waals surface area contributed by atoms with Crippen LogP contribution in [0.1, 0.15) is 18.4 Å². The lowest BCUT2D eigenvalue weighted by Gasteiger charge is -2.28. The first-order chi connectivity index (χ1) is 18.2. The number of benzene rings is 1. The second kappa shape index (κ2) is 12.3. The minimum Gasteiger partial charge on any atom is -0.466 e. The third-order valence-corrected chi connectivity index (χ3v) is 6.48. The molecule has 1 atom stereocenters. The zero-order valence-corrected chi connectivity index (χ0v) is 21.1. The molecule has 0 radical (unpaired) electrons. The van der Waals surface area contributed by atoms with Gasteiger partial charge in [-0.2, -0.15) is 18.2 Å². The van der Waals surface area contributed by atoms with Crippen LogP contribution in [0.25, 0.3) is 11.3 Å². The van der Waals surface area contributed by atoms with Crippen LogP contribution in [-0.2, 0) is 14.3 Å². The number of rotatable bonds is 9. The molecule has 0 unspecified atom stereocenters. The number of aromatic nitrogens is 2. The molecule has 1 aromatic heterocycles. The van der Waals surface area contributed by atoms with Crippen molar-refractivity contribution in [2.24, 2.45) is 5.92 Å². The predicted molar refractivity (Wildman–Crippen MR) is 135 cm³/mol. The highest BCUT2D eigenvalue weighted by atomic mass is 19.4. The van der Waals surface area contributed by atoms with Gasteiger partial charge < -0.3 is 29.9 Å². The first-order valence-electron chi connectivity index (χ1n) is 12.5. The van der Waals surface area contributed by atoms with Crippen molar-refractivity contribution in [3.63, 3.8) is 0 Å². The smallest absolute Gasteiger partial charge is 0.389 e. The molecule has 0 bridgehead atoms. The summed E-state index contributed by atoms with van der Waals surface area (Å²) >= 11 is 0. The van der Waals surface area contributed by atoms with Crippen LogP contribution in [0, 0.1) is 12.8 Å². The lowest BCUT2D eigenvalue weighted by Crippen LogP contribution is -2.37. The van der Waals surface area contributed by atoms with Crippen molar-refractivity contribution in [1.29, 1.82) is 0 Å². The van der Waals surface area contributed by atoms with Gasteiger partial charge in [0, 0.05) is 49.9 Å². The van der Waals surface area contributed by atoms with Gasteiger partial charge in [0.1, 0.15) is 12.4 Å². The molecule has 3 heterocycles. The predicted octanol–water partition coefficient (Wildman–Crippen LogP) is 3.68. The number of aryl methyl sites for hydroxylation is 1. The molecule has 2 saturated heterocycles. The van der Waals surface area contributed by atoms with Crippen molar-refractivity contribution in [2.75, 3.05) is 68.1 Å². The summed E-state index contributed by atoms with van der Waals surface area (Å²) in [6.45, 7) is 5.63. The largest absolute Gasteiger partial charge is 0.466 e. The molecule has 0 aliphatic carbocycles. The van der Waals surface area contributed by atoms with Crippen LogP contribution >= 0.6 is 0 Å². The fourth-order valence-corrected chi connectivity index (χ4v) is 4.57. The van der Waals surface area contributed by atoms with Gasteiger partial charge in [-0.3, -0.25) is 4.79 Å². The maximum Gasteiger partial charge on any atom is 0.389 e. The van der Waals surface area contributed by atoms with Gasteiger partial charge in [0.05, 0.1) is 25.5 Å². The number of alkyl halides is 3. The summed E-state index contributed by atoms with van der Waals surface area (Å²) in [4.78, 5) is 36.0. The number of urea groups is 1. The lowest BCUT2D eigenvalue weighted by molar-refractivity contribution is -0.143. The first-order valence-corrected chi connectivity index (χ1v) is 12.5. The number of morpholine rings is 1. The molecule has 206 valence electrons. The van der Waals surface area contributed by atoms with E-state index in [0.29, 0.717) is 68.9 Å². The van der Waals surface area contributed by atoms with E-state index in [9.17, 15) is 22.8 Å². The molecule has 0 saturated carbocycles. The van der Waals surface area contributed by atoms with Crippen LogP contribution in [0.2, 0.25) is 0 Å². The lowest BCUT2D eigenvalue weighted by atomic mass is 10.0. The summed E-state index contributed by atoms with van der Waals surface area (Å²) in [6, 6.07) is 6.83. The van der Waals surface area contributed by atoms with Crippen LogP contribution in [0.4, 0.5) is 35.4 Å². The molecule has 2 amide bonds. The quantitative estimate of drug-likeness (QED) is 0.369. The second-order valence-corrected chi connectivity index (χ2v) is 9.31. The summed E-state index contributed by atoms with van der Waals surface area (Å²) in [7, 11) is 0. The summed E-state index contributed by atoms with van der Waals surface area (Å²) < 4.78 is 48.4. The molecule has 38 heavy (non-hydrogen) atoms. The topological polar surface area (TPSA) is 109 Å². The Hall–Kier alpha value is -3.61. The Kier molecular flexibility index (Phi) is 8.87. The fourth-order valence-electron chi connectivity index (χ4n) is 4.57. The third kappa shape index (κ3) is 7.46. The van der Waals surface area contributed by atoms with Gasteiger partial charge in [0.15, 0.2) is 0 Å². The molecular weight excluding hydrogens is 505 g/mol. The van der Waals surface area contributed by atoms with Crippen LogP contribution in [0.5, 0.6) is 0 Å². The van der Waals surface area contributed by atoms with E-state index in [4.69, 9.17) is 9.47 Å². The van der Waals surface area contributed by atoms with E-state index in [-0.39, 0.29) is 19.7 Å². The highest BCUT2D eigenvalue weighted by Gasteiger charge is 2.36. The molecule has 2 fully saturated rings. The van der Waals surface area contributed by atoms with Crippen molar-refractivity contribution in [2.45, 2.75) is 25.9 Å². The van der Waals surface area contributed by atoms with Crippen molar-refractivity contribution in [3.05, 3.63) is 29.8 Å².